The zero-order valence-corrected chi connectivity index (χ0v) is 15.2. The molecule has 138 valence electrons. The SMILES string of the molecule is CCCn1nc(C(=O)N2CCN(CC(=O)NC(C)C)CC2)ccc1=O. The third-order valence-corrected chi connectivity index (χ3v) is 4.00. The van der Waals surface area contributed by atoms with Crippen LogP contribution in [0.5, 0.6) is 0 Å². The van der Waals surface area contributed by atoms with Crippen LogP contribution in [0.4, 0.5) is 0 Å². The van der Waals surface area contributed by atoms with E-state index in [0.717, 1.165) is 6.42 Å². The van der Waals surface area contributed by atoms with Crippen LogP contribution in [0.15, 0.2) is 16.9 Å². The molecule has 8 nitrogen and oxygen atoms in total. The van der Waals surface area contributed by atoms with E-state index in [-0.39, 0.29) is 23.4 Å². The molecule has 0 aliphatic carbocycles. The Kier molecular flexibility index (Phi) is 6.69. The molecule has 1 N–H and O–H groups in total. The number of carbonyl (C=O) groups excluding carboxylic acids is 2. The zero-order valence-electron chi connectivity index (χ0n) is 15.2. The van der Waals surface area contributed by atoms with Gasteiger partial charge in [0, 0.05) is 44.8 Å². The predicted molar refractivity (Wildman–Crippen MR) is 94.4 cm³/mol. The van der Waals surface area contributed by atoms with Gasteiger partial charge in [-0.05, 0) is 26.3 Å². The normalized spacial score (nSPS) is 15.4. The average molecular weight is 349 g/mol. The maximum absolute atomic E-state index is 12.6. The first-order chi connectivity index (χ1) is 11.9. The Morgan fingerprint density at radius 1 is 1.20 bits per heavy atom. The molecule has 1 fully saturated rings. The topological polar surface area (TPSA) is 87.5 Å². The zero-order chi connectivity index (χ0) is 18.4. The summed E-state index contributed by atoms with van der Waals surface area (Å²) in [6, 6.07) is 3.00. The van der Waals surface area contributed by atoms with Crippen molar-refractivity contribution in [1.29, 1.82) is 0 Å². The minimum Gasteiger partial charge on any atom is -0.353 e. The van der Waals surface area contributed by atoms with Gasteiger partial charge in [0.1, 0.15) is 5.69 Å². The lowest BCUT2D eigenvalue weighted by Gasteiger charge is -2.34. The van der Waals surface area contributed by atoms with Crippen LogP contribution >= 0.6 is 0 Å². The number of nitrogens with zero attached hydrogens (tertiary/aromatic N) is 4. The highest BCUT2D eigenvalue weighted by Gasteiger charge is 2.24. The van der Waals surface area contributed by atoms with Gasteiger partial charge in [0.05, 0.1) is 6.54 Å². The maximum atomic E-state index is 12.6. The van der Waals surface area contributed by atoms with Gasteiger partial charge in [0.25, 0.3) is 11.5 Å². The summed E-state index contributed by atoms with van der Waals surface area (Å²) in [6.07, 6.45) is 0.779. The number of piperazine rings is 1. The molecule has 1 aliphatic heterocycles. The highest BCUT2D eigenvalue weighted by Crippen LogP contribution is 2.06. The minimum absolute atomic E-state index is 0.00286. The molecule has 0 bridgehead atoms. The number of hydrogen-bond acceptors (Lipinski definition) is 5. The molecule has 2 heterocycles. The Hall–Kier alpha value is -2.22. The molecule has 0 atom stereocenters. The van der Waals surface area contributed by atoms with Gasteiger partial charge in [-0.3, -0.25) is 19.3 Å². The van der Waals surface area contributed by atoms with Gasteiger partial charge >= 0.3 is 0 Å². The van der Waals surface area contributed by atoms with Crippen molar-refractivity contribution in [1.82, 2.24) is 24.9 Å². The lowest BCUT2D eigenvalue weighted by Crippen LogP contribution is -2.51. The van der Waals surface area contributed by atoms with Gasteiger partial charge in [0.2, 0.25) is 5.91 Å². The molecule has 0 aromatic carbocycles. The number of aromatic nitrogens is 2. The summed E-state index contributed by atoms with van der Waals surface area (Å²) in [6.45, 7) is 9.04. The predicted octanol–water partition coefficient (Wildman–Crippen LogP) is -0.0643. The summed E-state index contributed by atoms with van der Waals surface area (Å²) in [7, 11) is 0. The minimum atomic E-state index is -0.195. The molecular weight excluding hydrogens is 322 g/mol. The molecule has 0 saturated carbocycles. The number of carbonyl (C=O) groups is 2. The van der Waals surface area contributed by atoms with Crippen LogP contribution < -0.4 is 10.9 Å². The van der Waals surface area contributed by atoms with E-state index in [1.165, 1.54) is 16.8 Å². The Morgan fingerprint density at radius 3 is 2.48 bits per heavy atom. The summed E-state index contributed by atoms with van der Waals surface area (Å²) < 4.78 is 1.33. The third kappa shape index (κ3) is 5.38. The Bertz CT molecular complexity index is 662. The molecular formula is C17H27N5O3. The molecule has 2 rings (SSSR count). The van der Waals surface area contributed by atoms with E-state index < -0.39 is 0 Å². The van der Waals surface area contributed by atoms with Crippen LogP contribution in [0.1, 0.15) is 37.7 Å². The van der Waals surface area contributed by atoms with Crippen molar-refractivity contribution in [3.05, 3.63) is 28.2 Å². The molecule has 25 heavy (non-hydrogen) atoms. The van der Waals surface area contributed by atoms with E-state index >= 15 is 0 Å². The Morgan fingerprint density at radius 2 is 1.88 bits per heavy atom. The molecule has 1 saturated heterocycles. The molecule has 1 aliphatic rings. The lowest BCUT2D eigenvalue weighted by molar-refractivity contribution is -0.123. The molecule has 1 aromatic rings. The molecule has 0 spiro atoms. The second-order valence-electron chi connectivity index (χ2n) is 6.57. The fourth-order valence-corrected chi connectivity index (χ4v) is 2.78. The second kappa shape index (κ2) is 8.75. The summed E-state index contributed by atoms with van der Waals surface area (Å²) in [5.74, 6) is -0.167. The van der Waals surface area contributed by atoms with Crippen molar-refractivity contribution in [3.8, 4) is 0 Å². The molecule has 0 unspecified atom stereocenters. The van der Waals surface area contributed by atoms with Crippen LogP contribution in [0.2, 0.25) is 0 Å². The molecule has 1 aromatic heterocycles. The van der Waals surface area contributed by atoms with Crippen molar-refractivity contribution in [2.45, 2.75) is 39.8 Å². The highest BCUT2D eigenvalue weighted by atomic mass is 16.2. The van der Waals surface area contributed by atoms with Crippen LogP contribution in [0, 0.1) is 0 Å². The average Bonchev–Trinajstić information content (AvgIpc) is 2.56. The third-order valence-electron chi connectivity index (χ3n) is 4.00. The van der Waals surface area contributed by atoms with E-state index in [9.17, 15) is 14.4 Å². The maximum Gasteiger partial charge on any atom is 0.274 e. The lowest BCUT2D eigenvalue weighted by atomic mass is 10.2. The van der Waals surface area contributed by atoms with Crippen molar-refractivity contribution < 1.29 is 9.59 Å². The van der Waals surface area contributed by atoms with Gasteiger partial charge in [-0.2, -0.15) is 5.10 Å². The van der Waals surface area contributed by atoms with Crippen LogP contribution in [0.25, 0.3) is 0 Å². The fourth-order valence-electron chi connectivity index (χ4n) is 2.78. The van der Waals surface area contributed by atoms with E-state index in [4.69, 9.17) is 0 Å². The van der Waals surface area contributed by atoms with E-state index in [1.807, 2.05) is 25.7 Å². The monoisotopic (exact) mass is 349 g/mol. The van der Waals surface area contributed by atoms with E-state index in [1.54, 1.807) is 4.90 Å². The van der Waals surface area contributed by atoms with Gasteiger partial charge in [0.15, 0.2) is 0 Å². The highest BCUT2D eigenvalue weighted by molar-refractivity contribution is 5.92. The van der Waals surface area contributed by atoms with Gasteiger partial charge in [-0.25, -0.2) is 4.68 Å². The fraction of sp³-hybridized carbons (Fsp3) is 0.647. The van der Waals surface area contributed by atoms with Crippen molar-refractivity contribution in [3.63, 3.8) is 0 Å². The molecule has 0 radical (unpaired) electrons. The number of nitrogens with one attached hydrogen (secondary N) is 1. The van der Waals surface area contributed by atoms with E-state index in [0.29, 0.717) is 45.0 Å². The van der Waals surface area contributed by atoms with Crippen molar-refractivity contribution >= 4 is 11.8 Å². The summed E-state index contributed by atoms with van der Waals surface area (Å²) in [4.78, 5) is 39.9. The smallest absolute Gasteiger partial charge is 0.274 e. The summed E-state index contributed by atoms with van der Waals surface area (Å²) in [5, 5.41) is 7.04. The van der Waals surface area contributed by atoms with Gasteiger partial charge in [-0.1, -0.05) is 6.92 Å². The van der Waals surface area contributed by atoms with Crippen molar-refractivity contribution in [2.75, 3.05) is 32.7 Å². The summed E-state index contributed by atoms with van der Waals surface area (Å²) in [5.41, 5.74) is 0.0958. The Balaban J connectivity index is 1.92. The Labute approximate surface area is 147 Å². The van der Waals surface area contributed by atoms with E-state index in [2.05, 4.69) is 10.4 Å². The number of hydrogen-bond donors (Lipinski definition) is 1. The number of aryl methyl sites for hydroxylation is 1. The quantitative estimate of drug-likeness (QED) is 0.777. The first-order valence-corrected chi connectivity index (χ1v) is 8.80. The number of rotatable bonds is 6. The van der Waals surface area contributed by atoms with Gasteiger partial charge < -0.3 is 10.2 Å². The standard InChI is InChI=1S/C17H27N5O3/c1-4-7-22-16(24)6-5-14(19-22)17(25)21-10-8-20(9-11-21)12-15(23)18-13(2)3/h5-6,13H,4,7-12H2,1-3H3,(H,18,23). The van der Waals surface area contributed by atoms with Crippen molar-refractivity contribution in [2.24, 2.45) is 0 Å². The second-order valence-corrected chi connectivity index (χ2v) is 6.57. The molecule has 2 amide bonds. The van der Waals surface area contributed by atoms with Crippen LogP contribution in [-0.4, -0.2) is 70.2 Å². The van der Waals surface area contributed by atoms with Crippen LogP contribution in [-0.2, 0) is 11.3 Å². The first-order valence-electron chi connectivity index (χ1n) is 8.80. The number of amides is 2. The molecule has 8 heteroatoms. The largest absolute Gasteiger partial charge is 0.353 e. The van der Waals surface area contributed by atoms with Crippen LogP contribution in [0.3, 0.4) is 0 Å². The summed E-state index contributed by atoms with van der Waals surface area (Å²) >= 11 is 0. The van der Waals surface area contributed by atoms with Gasteiger partial charge in [-0.15, -0.1) is 0 Å². The first kappa shape index (κ1) is 19.1.